The zero-order valence-electron chi connectivity index (χ0n) is 21.9. The standard InChI is InChI=1S/C30H43F3N2O/c1-2-3-4-10-17-25(31)22-36-27-19-18-26(28(32)29(27)33)30-34-20-24(21-35-30)16-9-7-5-6-8-13-23-14-11-12-15-23/h18-21,23,25H,2-17,22H2,1H3. The molecule has 1 aliphatic carbocycles. The van der Waals surface area contributed by atoms with Crippen LogP contribution < -0.4 is 4.74 Å². The first-order valence-electron chi connectivity index (χ1n) is 14.1. The predicted molar refractivity (Wildman–Crippen MR) is 140 cm³/mol. The molecule has 1 heterocycles. The first-order valence-corrected chi connectivity index (χ1v) is 14.1. The molecule has 1 unspecified atom stereocenters. The van der Waals surface area contributed by atoms with Crippen molar-refractivity contribution in [2.24, 2.45) is 5.92 Å². The molecule has 3 nitrogen and oxygen atoms in total. The van der Waals surface area contributed by atoms with Crippen molar-refractivity contribution in [1.82, 2.24) is 9.97 Å². The summed E-state index contributed by atoms with van der Waals surface area (Å²) in [5.41, 5.74) is 0.975. The van der Waals surface area contributed by atoms with Crippen LogP contribution in [0.5, 0.6) is 5.75 Å². The number of aromatic nitrogens is 2. The molecule has 0 bridgehead atoms. The van der Waals surface area contributed by atoms with Crippen molar-refractivity contribution in [1.29, 1.82) is 0 Å². The van der Waals surface area contributed by atoms with Crippen molar-refractivity contribution in [2.75, 3.05) is 6.61 Å². The van der Waals surface area contributed by atoms with Gasteiger partial charge in [-0.1, -0.05) is 90.4 Å². The Balaban J connectivity index is 1.39. The fraction of sp³-hybridized carbons (Fsp3) is 0.667. The number of rotatable bonds is 17. The van der Waals surface area contributed by atoms with Crippen molar-refractivity contribution in [3.05, 3.63) is 41.7 Å². The van der Waals surface area contributed by atoms with Crippen LogP contribution in [0.4, 0.5) is 13.2 Å². The Bertz CT molecular complexity index is 885. The van der Waals surface area contributed by atoms with E-state index >= 15 is 0 Å². The van der Waals surface area contributed by atoms with E-state index in [4.69, 9.17) is 4.74 Å². The number of halogens is 3. The van der Waals surface area contributed by atoms with Crippen LogP contribution in [0.1, 0.15) is 109 Å². The third-order valence-electron chi connectivity index (χ3n) is 7.34. The van der Waals surface area contributed by atoms with Crippen molar-refractivity contribution in [3.8, 4) is 17.1 Å². The topological polar surface area (TPSA) is 35.0 Å². The summed E-state index contributed by atoms with van der Waals surface area (Å²) < 4.78 is 48.4. The lowest BCUT2D eigenvalue weighted by Crippen LogP contribution is -2.14. The molecule has 1 aromatic heterocycles. The maximum atomic E-state index is 14.7. The van der Waals surface area contributed by atoms with Crippen LogP contribution in [0, 0.1) is 17.6 Å². The first kappa shape index (κ1) is 28.5. The number of hydrogen-bond donors (Lipinski definition) is 0. The molecule has 0 saturated heterocycles. The Hall–Kier alpha value is -2.11. The lowest BCUT2D eigenvalue weighted by molar-refractivity contribution is 0.177. The van der Waals surface area contributed by atoms with Crippen LogP contribution in [0.3, 0.4) is 0 Å². The highest BCUT2D eigenvalue weighted by Gasteiger charge is 2.19. The fourth-order valence-corrected chi connectivity index (χ4v) is 5.09. The van der Waals surface area contributed by atoms with E-state index < -0.39 is 17.8 Å². The normalized spacial score (nSPS) is 14.9. The Kier molecular flexibility index (Phi) is 12.6. The van der Waals surface area contributed by atoms with E-state index in [0.29, 0.717) is 6.42 Å². The van der Waals surface area contributed by atoms with E-state index in [1.165, 1.54) is 69.9 Å². The third-order valence-corrected chi connectivity index (χ3v) is 7.34. The van der Waals surface area contributed by atoms with E-state index in [0.717, 1.165) is 50.0 Å². The van der Waals surface area contributed by atoms with Gasteiger partial charge in [-0.05, 0) is 42.9 Å². The molecular weight excluding hydrogens is 461 g/mol. The molecule has 1 aliphatic rings. The van der Waals surface area contributed by atoms with Gasteiger partial charge < -0.3 is 4.74 Å². The highest BCUT2D eigenvalue weighted by Crippen LogP contribution is 2.30. The van der Waals surface area contributed by atoms with Gasteiger partial charge in [0.15, 0.2) is 17.4 Å². The predicted octanol–water partition coefficient (Wildman–Crippen LogP) is 9.18. The number of alkyl halides is 1. The molecule has 0 N–H and O–H groups in total. The zero-order valence-corrected chi connectivity index (χ0v) is 21.9. The van der Waals surface area contributed by atoms with E-state index in [-0.39, 0.29) is 23.7 Å². The molecule has 0 spiro atoms. The lowest BCUT2D eigenvalue weighted by atomic mass is 9.99. The van der Waals surface area contributed by atoms with Crippen LogP contribution in [-0.2, 0) is 6.42 Å². The fourth-order valence-electron chi connectivity index (χ4n) is 5.09. The summed E-state index contributed by atoms with van der Waals surface area (Å²) in [5.74, 6) is -1.38. The molecular formula is C30H43F3N2O. The molecule has 6 heteroatoms. The highest BCUT2D eigenvalue weighted by molar-refractivity contribution is 5.57. The number of ether oxygens (including phenoxy) is 1. The second-order valence-electron chi connectivity index (χ2n) is 10.4. The number of aryl methyl sites for hydroxylation is 1. The Morgan fingerprint density at radius 1 is 0.889 bits per heavy atom. The van der Waals surface area contributed by atoms with Gasteiger partial charge >= 0.3 is 0 Å². The minimum absolute atomic E-state index is 0.0231. The number of benzene rings is 1. The average Bonchev–Trinajstić information content (AvgIpc) is 3.41. The maximum Gasteiger partial charge on any atom is 0.201 e. The molecule has 1 aromatic carbocycles. The molecule has 0 amide bonds. The SMILES string of the molecule is CCCCCCC(F)COc1ccc(-c2ncc(CCCCCCCC3CCCC3)cn2)c(F)c1F. The molecule has 1 fully saturated rings. The average molecular weight is 505 g/mol. The first-order chi connectivity index (χ1) is 17.6. The lowest BCUT2D eigenvalue weighted by Gasteiger charge is -2.12. The molecule has 1 atom stereocenters. The van der Waals surface area contributed by atoms with Gasteiger partial charge in [0, 0.05) is 12.4 Å². The van der Waals surface area contributed by atoms with Gasteiger partial charge in [0.2, 0.25) is 5.82 Å². The Morgan fingerprint density at radius 2 is 1.58 bits per heavy atom. The summed E-state index contributed by atoms with van der Waals surface area (Å²) in [6.45, 7) is 1.81. The zero-order chi connectivity index (χ0) is 25.6. The van der Waals surface area contributed by atoms with Gasteiger partial charge in [0.05, 0.1) is 5.56 Å². The van der Waals surface area contributed by atoms with E-state index in [2.05, 4.69) is 16.9 Å². The number of hydrogen-bond acceptors (Lipinski definition) is 3. The second-order valence-corrected chi connectivity index (χ2v) is 10.4. The van der Waals surface area contributed by atoms with Gasteiger partial charge in [-0.15, -0.1) is 0 Å². The smallest absolute Gasteiger partial charge is 0.201 e. The molecule has 200 valence electrons. The second kappa shape index (κ2) is 15.9. The number of unbranched alkanes of at least 4 members (excludes halogenated alkanes) is 7. The third kappa shape index (κ3) is 9.40. The van der Waals surface area contributed by atoms with Crippen molar-refractivity contribution < 1.29 is 17.9 Å². The summed E-state index contributed by atoms with van der Waals surface area (Å²) in [6, 6.07) is 2.71. The van der Waals surface area contributed by atoms with E-state index in [9.17, 15) is 13.2 Å². The van der Waals surface area contributed by atoms with Crippen molar-refractivity contribution in [3.63, 3.8) is 0 Å². The minimum Gasteiger partial charge on any atom is -0.487 e. The largest absolute Gasteiger partial charge is 0.487 e. The van der Waals surface area contributed by atoms with Crippen LogP contribution in [0.15, 0.2) is 24.5 Å². The molecule has 2 aromatic rings. The quantitative estimate of drug-likeness (QED) is 0.201. The molecule has 0 radical (unpaired) electrons. The molecule has 0 aliphatic heterocycles. The van der Waals surface area contributed by atoms with E-state index in [1.54, 1.807) is 12.4 Å². The molecule has 1 saturated carbocycles. The van der Waals surface area contributed by atoms with Gasteiger partial charge in [0.1, 0.15) is 12.8 Å². The maximum absolute atomic E-state index is 14.7. The van der Waals surface area contributed by atoms with Gasteiger partial charge in [-0.25, -0.2) is 18.7 Å². The van der Waals surface area contributed by atoms with Gasteiger partial charge in [-0.3, -0.25) is 0 Å². The van der Waals surface area contributed by atoms with Gasteiger partial charge in [-0.2, -0.15) is 4.39 Å². The van der Waals surface area contributed by atoms with Crippen LogP contribution >= 0.6 is 0 Å². The van der Waals surface area contributed by atoms with Crippen LogP contribution in [0.25, 0.3) is 11.4 Å². The summed E-state index contributed by atoms with van der Waals surface area (Å²) in [4.78, 5) is 8.51. The Morgan fingerprint density at radius 3 is 2.33 bits per heavy atom. The van der Waals surface area contributed by atoms with Crippen molar-refractivity contribution >= 4 is 0 Å². The summed E-state index contributed by atoms with van der Waals surface area (Å²) in [5, 5.41) is 0. The highest BCUT2D eigenvalue weighted by atomic mass is 19.2. The monoisotopic (exact) mass is 504 g/mol. The minimum atomic E-state index is -1.20. The summed E-state index contributed by atoms with van der Waals surface area (Å²) >= 11 is 0. The molecule has 36 heavy (non-hydrogen) atoms. The van der Waals surface area contributed by atoms with Gasteiger partial charge in [0.25, 0.3) is 0 Å². The van der Waals surface area contributed by atoms with Crippen LogP contribution in [0.2, 0.25) is 0 Å². The van der Waals surface area contributed by atoms with E-state index in [1.807, 2.05) is 0 Å². The Labute approximate surface area is 215 Å². The summed E-state index contributed by atoms with van der Waals surface area (Å²) in [7, 11) is 0. The summed E-state index contributed by atoms with van der Waals surface area (Å²) in [6.07, 6.45) is 20.6. The molecule has 3 rings (SSSR count). The van der Waals surface area contributed by atoms with Crippen molar-refractivity contribution in [2.45, 2.75) is 116 Å². The van der Waals surface area contributed by atoms with Crippen LogP contribution in [-0.4, -0.2) is 22.7 Å². The number of nitrogens with zero attached hydrogens (tertiary/aromatic N) is 2.